The van der Waals surface area contributed by atoms with Crippen molar-refractivity contribution in [1.82, 2.24) is 10.2 Å². The first-order chi connectivity index (χ1) is 7.66. The summed E-state index contributed by atoms with van der Waals surface area (Å²) in [5.74, 6) is 0.295. The molecule has 0 aromatic carbocycles. The molecule has 1 saturated heterocycles. The van der Waals surface area contributed by atoms with Crippen molar-refractivity contribution in [3.63, 3.8) is 0 Å². The number of rotatable bonds is 1. The van der Waals surface area contributed by atoms with Crippen LogP contribution in [0.4, 0.5) is 4.79 Å². The van der Waals surface area contributed by atoms with E-state index in [-0.39, 0.29) is 18.5 Å². The molecule has 0 aromatic heterocycles. The lowest BCUT2D eigenvalue weighted by molar-refractivity contribution is -0.125. The number of hydrogen-bond donors (Lipinski definition) is 2. The lowest BCUT2D eigenvalue weighted by Gasteiger charge is -2.37. The molecule has 2 fully saturated rings. The molecule has 0 unspecified atom stereocenters. The van der Waals surface area contributed by atoms with Crippen molar-refractivity contribution in [3.05, 3.63) is 0 Å². The van der Waals surface area contributed by atoms with Crippen LogP contribution in [-0.4, -0.2) is 41.1 Å². The van der Waals surface area contributed by atoms with Crippen molar-refractivity contribution in [2.24, 2.45) is 5.92 Å². The fourth-order valence-corrected chi connectivity index (χ4v) is 2.72. The van der Waals surface area contributed by atoms with E-state index >= 15 is 0 Å². The van der Waals surface area contributed by atoms with Gasteiger partial charge in [0.15, 0.2) is 0 Å². The number of carboxylic acid groups (broad SMARTS) is 1. The Morgan fingerprint density at radius 1 is 1.31 bits per heavy atom. The molecule has 1 atom stereocenters. The number of carbonyl (C=O) groups is 2. The summed E-state index contributed by atoms with van der Waals surface area (Å²) in [4.78, 5) is 23.5. The molecule has 1 saturated carbocycles. The molecule has 5 nitrogen and oxygen atoms in total. The SMILES string of the molecule is O=C1CN(C(=O)O)C[C@@H](C2CCCCC2)N1. The third kappa shape index (κ3) is 2.46. The maximum atomic E-state index is 11.4. The summed E-state index contributed by atoms with van der Waals surface area (Å²) in [7, 11) is 0. The van der Waals surface area contributed by atoms with Crippen molar-refractivity contribution < 1.29 is 14.7 Å². The molecule has 16 heavy (non-hydrogen) atoms. The van der Waals surface area contributed by atoms with Crippen LogP contribution in [0.1, 0.15) is 32.1 Å². The number of piperazine rings is 1. The van der Waals surface area contributed by atoms with Crippen molar-refractivity contribution >= 4 is 12.0 Å². The normalized spacial score (nSPS) is 27.6. The minimum Gasteiger partial charge on any atom is -0.465 e. The second-order valence-corrected chi connectivity index (χ2v) is 4.74. The molecule has 1 aliphatic heterocycles. The molecule has 0 radical (unpaired) electrons. The summed E-state index contributed by atoms with van der Waals surface area (Å²) in [6, 6.07) is 0.0256. The van der Waals surface area contributed by atoms with Crippen LogP contribution in [0, 0.1) is 5.92 Å². The second kappa shape index (κ2) is 4.72. The van der Waals surface area contributed by atoms with Crippen LogP contribution in [0.3, 0.4) is 0 Å². The van der Waals surface area contributed by atoms with E-state index in [2.05, 4.69) is 5.32 Å². The summed E-state index contributed by atoms with van der Waals surface area (Å²) >= 11 is 0. The smallest absolute Gasteiger partial charge is 0.407 e. The van der Waals surface area contributed by atoms with Crippen LogP contribution in [0.25, 0.3) is 0 Å². The quantitative estimate of drug-likeness (QED) is 0.702. The fourth-order valence-electron chi connectivity index (χ4n) is 2.72. The summed E-state index contributed by atoms with van der Waals surface area (Å²) in [5, 5.41) is 11.8. The summed E-state index contributed by atoms with van der Waals surface area (Å²) in [5.41, 5.74) is 0. The predicted octanol–water partition coefficient (Wildman–Crippen LogP) is 1.05. The van der Waals surface area contributed by atoms with Gasteiger partial charge < -0.3 is 10.4 Å². The number of amides is 2. The number of hydrogen-bond acceptors (Lipinski definition) is 2. The Morgan fingerprint density at radius 3 is 2.62 bits per heavy atom. The Kier molecular flexibility index (Phi) is 3.31. The average molecular weight is 226 g/mol. The molecule has 0 bridgehead atoms. The van der Waals surface area contributed by atoms with Crippen LogP contribution in [0.2, 0.25) is 0 Å². The van der Waals surface area contributed by atoms with Crippen molar-refractivity contribution in [3.8, 4) is 0 Å². The molecule has 0 spiro atoms. The van der Waals surface area contributed by atoms with Gasteiger partial charge in [0.1, 0.15) is 6.54 Å². The topological polar surface area (TPSA) is 69.6 Å². The lowest BCUT2D eigenvalue weighted by Crippen LogP contribution is -2.58. The first kappa shape index (κ1) is 11.2. The molecular formula is C11H18N2O3. The summed E-state index contributed by atoms with van der Waals surface area (Å²) in [6.07, 6.45) is 4.89. The van der Waals surface area contributed by atoms with Crippen molar-refractivity contribution in [1.29, 1.82) is 0 Å². The van der Waals surface area contributed by atoms with E-state index < -0.39 is 6.09 Å². The van der Waals surface area contributed by atoms with Gasteiger partial charge in [-0.2, -0.15) is 0 Å². The van der Waals surface area contributed by atoms with E-state index in [1.54, 1.807) is 0 Å². The predicted molar refractivity (Wildman–Crippen MR) is 58.1 cm³/mol. The van der Waals surface area contributed by atoms with Gasteiger partial charge in [-0.1, -0.05) is 19.3 Å². The van der Waals surface area contributed by atoms with Gasteiger partial charge in [-0.25, -0.2) is 4.79 Å². The fraction of sp³-hybridized carbons (Fsp3) is 0.818. The van der Waals surface area contributed by atoms with Crippen molar-refractivity contribution in [2.75, 3.05) is 13.1 Å². The monoisotopic (exact) mass is 226 g/mol. The van der Waals surface area contributed by atoms with Gasteiger partial charge >= 0.3 is 6.09 Å². The minimum atomic E-state index is -0.990. The van der Waals surface area contributed by atoms with Crippen molar-refractivity contribution in [2.45, 2.75) is 38.1 Å². The van der Waals surface area contributed by atoms with Gasteiger partial charge in [-0.05, 0) is 18.8 Å². The zero-order valence-electron chi connectivity index (χ0n) is 9.32. The van der Waals surface area contributed by atoms with Gasteiger partial charge in [-0.15, -0.1) is 0 Å². The highest BCUT2D eigenvalue weighted by molar-refractivity contribution is 5.83. The highest BCUT2D eigenvalue weighted by Gasteiger charge is 2.33. The first-order valence-electron chi connectivity index (χ1n) is 5.94. The van der Waals surface area contributed by atoms with Gasteiger partial charge in [0.25, 0.3) is 0 Å². The first-order valence-corrected chi connectivity index (χ1v) is 5.94. The van der Waals surface area contributed by atoms with Crippen LogP contribution in [0.15, 0.2) is 0 Å². The van der Waals surface area contributed by atoms with Gasteiger partial charge in [0, 0.05) is 12.6 Å². The van der Waals surface area contributed by atoms with E-state index in [0.29, 0.717) is 12.5 Å². The van der Waals surface area contributed by atoms with Crippen LogP contribution in [0.5, 0.6) is 0 Å². The second-order valence-electron chi connectivity index (χ2n) is 4.74. The third-order valence-corrected chi connectivity index (χ3v) is 3.59. The molecule has 5 heteroatoms. The van der Waals surface area contributed by atoms with Crippen LogP contribution >= 0.6 is 0 Å². The highest BCUT2D eigenvalue weighted by atomic mass is 16.4. The summed E-state index contributed by atoms with van der Waals surface area (Å²) < 4.78 is 0. The molecular weight excluding hydrogens is 208 g/mol. The molecule has 2 aliphatic rings. The zero-order chi connectivity index (χ0) is 11.5. The molecule has 1 aliphatic carbocycles. The molecule has 1 heterocycles. The van der Waals surface area contributed by atoms with Gasteiger partial charge in [0.2, 0.25) is 5.91 Å². The number of nitrogens with zero attached hydrogens (tertiary/aromatic N) is 1. The molecule has 2 N–H and O–H groups in total. The van der Waals surface area contributed by atoms with E-state index in [0.717, 1.165) is 12.8 Å². The Bertz CT molecular complexity index is 287. The van der Waals surface area contributed by atoms with Crippen LogP contribution < -0.4 is 5.32 Å². The zero-order valence-corrected chi connectivity index (χ0v) is 9.32. The Morgan fingerprint density at radius 2 is 2.00 bits per heavy atom. The average Bonchev–Trinajstić information content (AvgIpc) is 2.29. The van der Waals surface area contributed by atoms with Gasteiger partial charge in [0.05, 0.1) is 0 Å². The number of nitrogens with one attached hydrogen (secondary N) is 1. The van der Waals surface area contributed by atoms with Gasteiger partial charge in [-0.3, -0.25) is 9.69 Å². The molecule has 2 amide bonds. The summed E-state index contributed by atoms with van der Waals surface area (Å²) in [6.45, 7) is 0.435. The molecule has 90 valence electrons. The maximum absolute atomic E-state index is 11.4. The van der Waals surface area contributed by atoms with E-state index in [4.69, 9.17) is 5.11 Å². The Labute approximate surface area is 94.8 Å². The highest BCUT2D eigenvalue weighted by Crippen LogP contribution is 2.27. The van der Waals surface area contributed by atoms with E-state index in [9.17, 15) is 9.59 Å². The standard InChI is InChI=1S/C11H18N2O3/c14-10-7-13(11(15)16)6-9(12-10)8-4-2-1-3-5-8/h8-9H,1-7H2,(H,12,14)(H,15,16)/t9-/m0/s1. The third-order valence-electron chi connectivity index (χ3n) is 3.59. The Hall–Kier alpha value is -1.26. The van der Waals surface area contributed by atoms with E-state index in [1.165, 1.54) is 24.2 Å². The number of carbonyl (C=O) groups excluding carboxylic acids is 1. The lowest BCUT2D eigenvalue weighted by atomic mass is 9.83. The maximum Gasteiger partial charge on any atom is 0.407 e. The van der Waals surface area contributed by atoms with E-state index in [1.807, 2.05) is 0 Å². The molecule has 0 aromatic rings. The largest absolute Gasteiger partial charge is 0.465 e. The Balaban J connectivity index is 1.97. The minimum absolute atomic E-state index is 0.0153. The van der Waals surface area contributed by atoms with Crippen LogP contribution in [-0.2, 0) is 4.79 Å². The molecule has 2 rings (SSSR count).